The molecule has 1 aromatic rings. The zero-order valence-corrected chi connectivity index (χ0v) is 11.2. The minimum atomic E-state index is 0.00167. The number of nitrogens with zero attached hydrogens (tertiary/aromatic N) is 2. The van der Waals surface area contributed by atoms with Crippen LogP contribution in [0.15, 0.2) is 40.3 Å². The van der Waals surface area contributed by atoms with E-state index in [1.165, 1.54) is 0 Å². The van der Waals surface area contributed by atoms with Gasteiger partial charge in [-0.2, -0.15) is 0 Å². The van der Waals surface area contributed by atoms with Crippen LogP contribution in [0.5, 0.6) is 0 Å². The molecule has 0 fully saturated rings. The predicted molar refractivity (Wildman–Crippen MR) is 73.0 cm³/mol. The summed E-state index contributed by atoms with van der Waals surface area (Å²) in [6, 6.07) is 5.57. The van der Waals surface area contributed by atoms with Crippen LogP contribution in [-0.2, 0) is 0 Å². The van der Waals surface area contributed by atoms with Crippen molar-refractivity contribution >= 4 is 33.2 Å². The number of fused-ring (bicyclic) bond motifs is 1. The molecule has 17 heavy (non-hydrogen) atoms. The summed E-state index contributed by atoms with van der Waals surface area (Å²) in [6.07, 6.45) is 1.73. The van der Waals surface area contributed by atoms with Crippen molar-refractivity contribution in [2.45, 2.75) is 6.92 Å². The van der Waals surface area contributed by atoms with Crippen LogP contribution >= 0.6 is 15.9 Å². The lowest BCUT2D eigenvalue weighted by atomic mass is 10.1. The quantitative estimate of drug-likeness (QED) is 0.771. The van der Waals surface area contributed by atoms with E-state index in [0.29, 0.717) is 18.7 Å². The second-order valence-corrected chi connectivity index (χ2v) is 4.90. The van der Waals surface area contributed by atoms with Gasteiger partial charge in [0.1, 0.15) is 0 Å². The summed E-state index contributed by atoms with van der Waals surface area (Å²) in [5, 5.41) is 0. The first-order valence-electron chi connectivity index (χ1n) is 5.35. The lowest BCUT2D eigenvalue weighted by molar-refractivity contribution is 0.0798. The smallest absolute Gasteiger partial charge is 0.256 e. The van der Waals surface area contributed by atoms with Gasteiger partial charge >= 0.3 is 0 Å². The maximum Gasteiger partial charge on any atom is 0.256 e. The molecule has 0 spiro atoms. The van der Waals surface area contributed by atoms with Crippen LogP contribution in [0.2, 0.25) is 0 Å². The molecule has 0 N–H and O–H groups in total. The Balaban J connectivity index is 2.51. The third-order valence-electron chi connectivity index (χ3n) is 2.56. The standard InChI is InChI=1S/C13H13BrN2O/c1-3-6-16-8-9(2)15-12-5-4-10(14)7-11(12)13(16)17/h3-5,7H,1,6,8H2,2H3. The molecular formula is C13H13BrN2O. The third kappa shape index (κ3) is 2.47. The highest BCUT2D eigenvalue weighted by molar-refractivity contribution is 9.10. The molecule has 1 amide bonds. The first kappa shape index (κ1) is 12.0. The topological polar surface area (TPSA) is 32.7 Å². The molecule has 4 heteroatoms. The Morgan fingerprint density at radius 1 is 1.59 bits per heavy atom. The Kier molecular flexibility index (Phi) is 3.43. The second-order valence-electron chi connectivity index (χ2n) is 3.98. The van der Waals surface area contributed by atoms with Gasteiger partial charge in [-0.15, -0.1) is 6.58 Å². The number of carbonyl (C=O) groups is 1. The average Bonchev–Trinajstić information content (AvgIpc) is 2.39. The number of halogens is 1. The molecule has 0 unspecified atom stereocenters. The minimum Gasteiger partial charge on any atom is -0.329 e. The Bertz CT molecular complexity index is 508. The monoisotopic (exact) mass is 292 g/mol. The molecular weight excluding hydrogens is 280 g/mol. The van der Waals surface area contributed by atoms with Crippen molar-refractivity contribution in [1.82, 2.24) is 4.90 Å². The van der Waals surface area contributed by atoms with E-state index in [4.69, 9.17) is 0 Å². The van der Waals surface area contributed by atoms with Crippen molar-refractivity contribution in [2.24, 2.45) is 4.99 Å². The Morgan fingerprint density at radius 2 is 2.35 bits per heavy atom. The molecule has 0 aliphatic carbocycles. The van der Waals surface area contributed by atoms with Crippen molar-refractivity contribution in [3.63, 3.8) is 0 Å². The van der Waals surface area contributed by atoms with Crippen LogP contribution < -0.4 is 0 Å². The zero-order chi connectivity index (χ0) is 12.4. The molecule has 0 saturated carbocycles. The fourth-order valence-electron chi connectivity index (χ4n) is 1.84. The molecule has 0 bridgehead atoms. The molecule has 0 atom stereocenters. The van der Waals surface area contributed by atoms with E-state index >= 15 is 0 Å². The number of benzene rings is 1. The number of carbonyl (C=O) groups excluding carboxylic acids is 1. The number of aliphatic imine (C=N–C) groups is 1. The normalized spacial score (nSPS) is 15.1. The van der Waals surface area contributed by atoms with Crippen molar-refractivity contribution in [1.29, 1.82) is 0 Å². The summed E-state index contributed by atoms with van der Waals surface area (Å²) >= 11 is 3.38. The van der Waals surface area contributed by atoms with Gasteiger partial charge in [-0.25, -0.2) is 0 Å². The van der Waals surface area contributed by atoms with E-state index in [9.17, 15) is 4.79 Å². The molecule has 2 rings (SSSR count). The molecule has 88 valence electrons. The van der Waals surface area contributed by atoms with Crippen molar-refractivity contribution in [3.05, 3.63) is 40.9 Å². The van der Waals surface area contributed by atoms with E-state index in [1.807, 2.05) is 25.1 Å². The lowest BCUT2D eigenvalue weighted by Crippen LogP contribution is -2.33. The average molecular weight is 293 g/mol. The molecule has 0 saturated heterocycles. The highest BCUT2D eigenvalue weighted by Crippen LogP contribution is 2.27. The van der Waals surface area contributed by atoms with Crippen LogP contribution in [0, 0.1) is 0 Å². The van der Waals surface area contributed by atoms with E-state index in [0.717, 1.165) is 15.9 Å². The van der Waals surface area contributed by atoms with Crippen molar-refractivity contribution in [2.75, 3.05) is 13.1 Å². The molecule has 1 aromatic carbocycles. The van der Waals surface area contributed by atoms with Crippen LogP contribution in [0.1, 0.15) is 17.3 Å². The summed E-state index contributed by atoms with van der Waals surface area (Å²) in [6.45, 7) is 6.70. The SMILES string of the molecule is C=CCN1CC(C)=Nc2ccc(Br)cc2C1=O. The van der Waals surface area contributed by atoms with Gasteiger partial charge in [-0.3, -0.25) is 9.79 Å². The maximum absolute atomic E-state index is 12.3. The van der Waals surface area contributed by atoms with Gasteiger partial charge in [-0.05, 0) is 25.1 Å². The van der Waals surface area contributed by atoms with Gasteiger partial charge in [0.15, 0.2) is 0 Å². The predicted octanol–water partition coefficient (Wildman–Crippen LogP) is 3.18. The first-order chi connectivity index (χ1) is 8.11. The van der Waals surface area contributed by atoms with E-state index in [-0.39, 0.29) is 5.91 Å². The van der Waals surface area contributed by atoms with Crippen LogP contribution in [0.4, 0.5) is 5.69 Å². The summed E-state index contributed by atoms with van der Waals surface area (Å²) < 4.78 is 0.887. The Labute approximate surface area is 109 Å². The molecule has 1 aliphatic heterocycles. The fourth-order valence-corrected chi connectivity index (χ4v) is 2.20. The number of hydrogen-bond acceptors (Lipinski definition) is 2. The van der Waals surface area contributed by atoms with Gasteiger partial charge in [0.25, 0.3) is 5.91 Å². The van der Waals surface area contributed by atoms with Gasteiger partial charge in [-0.1, -0.05) is 22.0 Å². The van der Waals surface area contributed by atoms with Gasteiger partial charge in [0, 0.05) is 16.7 Å². The number of hydrogen-bond donors (Lipinski definition) is 0. The molecule has 3 nitrogen and oxygen atoms in total. The molecule has 1 aliphatic rings. The van der Waals surface area contributed by atoms with Gasteiger partial charge in [0.2, 0.25) is 0 Å². The second kappa shape index (κ2) is 4.84. The first-order valence-corrected chi connectivity index (χ1v) is 6.15. The molecule has 1 heterocycles. The fraction of sp³-hybridized carbons (Fsp3) is 0.231. The Hall–Kier alpha value is -1.42. The molecule has 0 radical (unpaired) electrons. The zero-order valence-electron chi connectivity index (χ0n) is 9.61. The van der Waals surface area contributed by atoms with E-state index < -0.39 is 0 Å². The van der Waals surface area contributed by atoms with Gasteiger partial charge < -0.3 is 4.90 Å². The number of amides is 1. The summed E-state index contributed by atoms with van der Waals surface area (Å²) in [4.78, 5) is 18.5. The van der Waals surface area contributed by atoms with Crippen molar-refractivity contribution in [3.8, 4) is 0 Å². The lowest BCUT2D eigenvalue weighted by Gasteiger charge is -2.18. The minimum absolute atomic E-state index is 0.00167. The Morgan fingerprint density at radius 3 is 3.06 bits per heavy atom. The maximum atomic E-state index is 12.3. The third-order valence-corrected chi connectivity index (χ3v) is 3.05. The van der Waals surface area contributed by atoms with Crippen LogP contribution in [0.3, 0.4) is 0 Å². The summed E-state index contributed by atoms with van der Waals surface area (Å²) in [5.74, 6) is 0.00167. The highest BCUT2D eigenvalue weighted by atomic mass is 79.9. The van der Waals surface area contributed by atoms with Crippen LogP contribution in [-0.4, -0.2) is 29.6 Å². The molecule has 0 aromatic heterocycles. The van der Waals surface area contributed by atoms with Gasteiger partial charge in [0.05, 0.1) is 17.8 Å². The van der Waals surface area contributed by atoms with E-state index in [2.05, 4.69) is 27.5 Å². The van der Waals surface area contributed by atoms with Crippen LogP contribution in [0.25, 0.3) is 0 Å². The summed E-state index contributed by atoms with van der Waals surface area (Å²) in [7, 11) is 0. The highest BCUT2D eigenvalue weighted by Gasteiger charge is 2.22. The van der Waals surface area contributed by atoms with E-state index in [1.54, 1.807) is 11.0 Å². The number of rotatable bonds is 2. The van der Waals surface area contributed by atoms with Crippen molar-refractivity contribution < 1.29 is 4.79 Å². The summed E-state index contributed by atoms with van der Waals surface area (Å²) in [5.41, 5.74) is 2.31. The largest absolute Gasteiger partial charge is 0.329 e.